The summed E-state index contributed by atoms with van der Waals surface area (Å²) in [6, 6.07) is 56.5. The largest absolute Gasteiger partial charge is 0.457 e. The molecule has 3 aromatic heterocycles. The molecule has 5 heterocycles. The van der Waals surface area contributed by atoms with Gasteiger partial charge in [-0.05, 0) is 83.9 Å². The Balaban J connectivity index is 1.08. The normalized spacial score (nSPS) is 14.2. The van der Waals surface area contributed by atoms with E-state index in [1.807, 2.05) is 42.4 Å². The van der Waals surface area contributed by atoms with E-state index in [1.165, 1.54) is 31.9 Å². The molecule has 0 saturated heterocycles. The molecule has 12 rings (SSSR count). The highest BCUT2D eigenvalue weighted by atomic mass is 32.2. The molecule has 0 unspecified atom stereocenters. The topological polar surface area (TPSA) is 43.2 Å². The fraction of sp³-hybridized carbons (Fsp3) is 0.0213. The molecule has 6 heteroatoms. The number of nitrogens with zero attached hydrogens (tertiary/aromatic N) is 4. The van der Waals surface area contributed by atoms with Gasteiger partial charge in [0.25, 0.3) is 0 Å². The second-order valence-electron chi connectivity index (χ2n) is 13.8. The Morgan fingerprint density at radius 3 is 1.85 bits per heavy atom. The first-order valence-corrected chi connectivity index (χ1v) is 18.6. The van der Waals surface area contributed by atoms with Gasteiger partial charge in [0, 0.05) is 61.5 Å². The molecular formula is C47H28N4OS. The summed E-state index contributed by atoms with van der Waals surface area (Å²) in [6.45, 7) is 0. The molecule has 6 aromatic carbocycles. The number of fused-ring (bicyclic) bond motifs is 14. The van der Waals surface area contributed by atoms with Crippen LogP contribution < -0.4 is 9.64 Å². The van der Waals surface area contributed by atoms with Crippen LogP contribution in [0, 0.1) is 0 Å². The van der Waals surface area contributed by atoms with Gasteiger partial charge >= 0.3 is 0 Å². The van der Waals surface area contributed by atoms with Gasteiger partial charge in [0.05, 0.1) is 39.2 Å². The molecule has 0 amide bonds. The van der Waals surface area contributed by atoms with Crippen LogP contribution in [0.1, 0.15) is 22.3 Å². The standard InChI is InChI=1S/C47H28N4OS/c1-3-15-37-31(11-1)32-27-29(51-39-16-4-7-19-43(39)53-44-20-8-5-17-40(44)51)22-24-38(32)50(37)30-21-23-34-42(28-30)52-41-18-6-2-12-33(41)47(34)35-13-9-25-48-45(35)46-36(47)14-10-26-49-46/h1-28H. The summed E-state index contributed by atoms with van der Waals surface area (Å²) in [5.74, 6) is 1.67. The average Bonchev–Trinajstić information content (AvgIpc) is 3.70. The van der Waals surface area contributed by atoms with Crippen LogP contribution in [-0.2, 0) is 5.41 Å². The van der Waals surface area contributed by atoms with Crippen molar-refractivity contribution in [3.05, 3.63) is 192 Å². The SMILES string of the molecule is c1ccc2c(c1)Oc1cc(-n3c4ccccc4c4cc(N5c6ccccc6Sc6ccccc65)ccc43)ccc1C21c2cccnc2-c2ncccc21. The summed E-state index contributed by atoms with van der Waals surface area (Å²) in [6.07, 6.45) is 3.72. The summed E-state index contributed by atoms with van der Waals surface area (Å²) < 4.78 is 9.23. The van der Waals surface area contributed by atoms with Crippen LogP contribution in [0.4, 0.5) is 17.1 Å². The van der Waals surface area contributed by atoms with Crippen LogP contribution in [0.2, 0.25) is 0 Å². The number of hydrogen-bond acceptors (Lipinski definition) is 5. The van der Waals surface area contributed by atoms with Gasteiger partial charge in [0.2, 0.25) is 0 Å². The monoisotopic (exact) mass is 696 g/mol. The number of benzene rings is 6. The fourth-order valence-corrected chi connectivity index (χ4v) is 10.1. The van der Waals surface area contributed by atoms with Gasteiger partial charge in [0.15, 0.2) is 0 Å². The number of aromatic nitrogens is 3. The van der Waals surface area contributed by atoms with Crippen LogP contribution in [0.25, 0.3) is 38.9 Å². The van der Waals surface area contributed by atoms with E-state index >= 15 is 0 Å². The van der Waals surface area contributed by atoms with Crippen molar-refractivity contribution in [2.45, 2.75) is 15.2 Å². The molecule has 5 nitrogen and oxygen atoms in total. The number of pyridine rings is 2. The van der Waals surface area contributed by atoms with Gasteiger partial charge in [0.1, 0.15) is 11.5 Å². The Hall–Kier alpha value is -6.63. The van der Waals surface area contributed by atoms with E-state index in [0.717, 1.165) is 67.5 Å². The maximum atomic E-state index is 6.86. The highest BCUT2D eigenvalue weighted by Gasteiger charge is 2.52. The Bertz CT molecular complexity index is 2910. The highest BCUT2D eigenvalue weighted by molar-refractivity contribution is 7.99. The molecule has 9 aromatic rings. The van der Waals surface area contributed by atoms with Crippen molar-refractivity contribution in [3.8, 4) is 28.6 Å². The van der Waals surface area contributed by atoms with Crippen LogP contribution in [-0.4, -0.2) is 14.5 Å². The maximum absolute atomic E-state index is 6.86. The highest BCUT2D eigenvalue weighted by Crippen LogP contribution is 2.61. The third-order valence-corrected chi connectivity index (χ3v) is 12.3. The van der Waals surface area contributed by atoms with E-state index in [0.29, 0.717) is 0 Å². The van der Waals surface area contributed by atoms with Crippen molar-refractivity contribution in [2.24, 2.45) is 0 Å². The number of ether oxygens (including phenoxy) is 1. The second-order valence-corrected chi connectivity index (χ2v) is 14.8. The quantitative estimate of drug-likeness (QED) is 0.180. The molecule has 0 N–H and O–H groups in total. The second kappa shape index (κ2) is 10.7. The van der Waals surface area contributed by atoms with E-state index in [9.17, 15) is 0 Å². The predicted molar refractivity (Wildman–Crippen MR) is 213 cm³/mol. The predicted octanol–water partition coefficient (Wildman–Crippen LogP) is 12.0. The summed E-state index contributed by atoms with van der Waals surface area (Å²) in [5.41, 5.74) is 12.5. The lowest BCUT2D eigenvalue weighted by Crippen LogP contribution is -2.32. The first kappa shape index (κ1) is 29.0. The van der Waals surface area contributed by atoms with E-state index < -0.39 is 5.41 Å². The molecule has 2 aliphatic heterocycles. The Kier molecular flexibility index (Phi) is 5.85. The lowest BCUT2D eigenvalue weighted by molar-refractivity contribution is 0.436. The molecule has 0 saturated carbocycles. The molecule has 0 bridgehead atoms. The Labute approximate surface area is 309 Å². The molecule has 1 spiro atoms. The first-order chi connectivity index (χ1) is 26.3. The summed E-state index contributed by atoms with van der Waals surface area (Å²) in [7, 11) is 0. The number of para-hydroxylation sites is 4. The molecule has 0 radical (unpaired) electrons. The van der Waals surface area contributed by atoms with E-state index in [-0.39, 0.29) is 0 Å². The lowest BCUT2D eigenvalue weighted by atomic mass is 9.66. The fourth-order valence-electron chi connectivity index (χ4n) is 9.05. The van der Waals surface area contributed by atoms with Gasteiger partial charge in [-0.15, -0.1) is 0 Å². The van der Waals surface area contributed by atoms with Gasteiger partial charge in [-0.25, -0.2) is 0 Å². The number of hydrogen-bond donors (Lipinski definition) is 0. The first-order valence-electron chi connectivity index (χ1n) is 17.8. The zero-order valence-corrected chi connectivity index (χ0v) is 29.1. The van der Waals surface area contributed by atoms with E-state index in [2.05, 4.69) is 149 Å². The van der Waals surface area contributed by atoms with Crippen molar-refractivity contribution in [1.29, 1.82) is 0 Å². The minimum atomic E-state index is -0.606. The summed E-state index contributed by atoms with van der Waals surface area (Å²) in [4.78, 5) is 14.7. The van der Waals surface area contributed by atoms with Gasteiger partial charge in [-0.2, -0.15) is 0 Å². The molecule has 1 aliphatic carbocycles. The van der Waals surface area contributed by atoms with Gasteiger partial charge in [-0.3, -0.25) is 9.97 Å². The van der Waals surface area contributed by atoms with Crippen LogP contribution >= 0.6 is 11.8 Å². The van der Waals surface area contributed by atoms with E-state index in [1.54, 1.807) is 0 Å². The average molecular weight is 697 g/mol. The summed E-state index contributed by atoms with van der Waals surface area (Å²) in [5, 5.41) is 2.40. The van der Waals surface area contributed by atoms with Crippen molar-refractivity contribution in [2.75, 3.05) is 4.90 Å². The maximum Gasteiger partial charge on any atom is 0.134 e. The van der Waals surface area contributed by atoms with Crippen LogP contribution in [0.15, 0.2) is 180 Å². The minimum Gasteiger partial charge on any atom is -0.457 e. The van der Waals surface area contributed by atoms with Gasteiger partial charge in [-0.1, -0.05) is 90.6 Å². The Morgan fingerprint density at radius 2 is 1.08 bits per heavy atom. The van der Waals surface area contributed by atoms with Crippen molar-refractivity contribution >= 4 is 50.6 Å². The smallest absolute Gasteiger partial charge is 0.134 e. The van der Waals surface area contributed by atoms with Crippen molar-refractivity contribution in [1.82, 2.24) is 14.5 Å². The van der Waals surface area contributed by atoms with E-state index in [4.69, 9.17) is 14.7 Å². The number of anilines is 3. The van der Waals surface area contributed by atoms with Crippen LogP contribution in [0.5, 0.6) is 11.5 Å². The number of rotatable bonds is 2. The van der Waals surface area contributed by atoms with Gasteiger partial charge < -0.3 is 14.2 Å². The lowest BCUT2D eigenvalue weighted by Gasteiger charge is -2.39. The van der Waals surface area contributed by atoms with Crippen LogP contribution in [0.3, 0.4) is 0 Å². The zero-order valence-electron chi connectivity index (χ0n) is 28.3. The Morgan fingerprint density at radius 1 is 0.472 bits per heavy atom. The molecule has 0 atom stereocenters. The molecule has 53 heavy (non-hydrogen) atoms. The third-order valence-electron chi connectivity index (χ3n) is 11.1. The minimum absolute atomic E-state index is 0.606. The third kappa shape index (κ3) is 3.82. The zero-order chi connectivity index (χ0) is 34.7. The van der Waals surface area contributed by atoms with Crippen molar-refractivity contribution < 1.29 is 4.74 Å². The summed E-state index contributed by atoms with van der Waals surface area (Å²) >= 11 is 1.83. The molecule has 248 valence electrons. The molecular weight excluding hydrogens is 669 g/mol. The molecule has 3 aliphatic rings. The molecule has 0 fully saturated rings. The van der Waals surface area contributed by atoms with Crippen molar-refractivity contribution in [3.63, 3.8) is 0 Å².